The van der Waals surface area contributed by atoms with Crippen molar-refractivity contribution in [3.8, 4) is 0 Å². The van der Waals surface area contributed by atoms with E-state index in [4.69, 9.17) is 9.47 Å². The zero-order valence-corrected chi connectivity index (χ0v) is 14.2. The Morgan fingerprint density at radius 2 is 1.95 bits per heavy atom. The van der Waals surface area contributed by atoms with Crippen LogP contribution in [0.5, 0.6) is 0 Å². The molecule has 2 rings (SSSR count). The van der Waals surface area contributed by atoms with E-state index in [-0.39, 0.29) is 5.97 Å². The molecule has 1 aromatic rings. The third-order valence-electron chi connectivity index (χ3n) is 4.24. The van der Waals surface area contributed by atoms with Crippen LogP contribution in [-0.4, -0.2) is 19.2 Å². The second-order valence-electron chi connectivity index (χ2n) is 7.49. The number of hydrogen-bond acceptors (Lipinski definition) is 3. The van der Waals surface area contributed by atoms with Gasteiger partial charge < -0.3 is 9.47 Å². The molecule has 0 unspecified atom stereocenters. The molecule has 3 nitrogen and oxygen atoms in total. The number of hydrogen-bond donors (Lipinski definition) is 0. The number of rotatable bonds is 7. The van der Waals surface area contributed by atoms with Crippen molar-refractivity contribution in [2.45, 2.75) is 40.7 Å². The second kappa shape index (κ2) is 7.28. The van der Waals surface area contributed by atoms with Gasteiger partial charge in [0.15, 0.2) is 0 Å². The summed E-state index contributed by atoms with van der Waals surface area (Å²) in [7, 11) is 0. The van der Waals surface area contributed by atoms with Crippen molar-refractivity contribution < 1.29 is 14.3 Å². The molecule has 122 valence electrons. The molecule has 0 aliphatic heterocycles. The molecular weight excluding hydrogens is 276 g/mol. The van der Waals surface area contributed by atoms with E-state index in [0.29, 0.717) is 31.0 Å². The lowest BCUT2D eigenvalue weighted by atomic mass is 9.97. The summed E-state index contributed by atoms with van der Waals surface area (Å²) in [6, 6.07) is 10.2. The minimum atomic E-state index is -0.415. The maximum Gasteiger partial charge on any atom is 0.311 e. The first kappa shape index (κ1) is 17.0. The van der Waals surface area contributed by atoms with Crippen LogP contribution in [0.15, 0.2) is 30.3 Å². The molecular formula is C19H28O3. The Morgan fingerprint density at radius 1 is 1.27 bits per heavy atom. The normalized spacial score (nSPS) is 22.2. The van der Waals surface area contributed by atoms with Crippen molar-refractivity contribution in [3.05, 3.63) is 35.9 Å². The predicted molar refractivity (Wildman–Crippen MR) is 87.3 cm³/mol. The monoisotopic (exact) mass is 304 g/mol. The van der Waals surface area contributed by atoms with E-state index in [1.807, 2.05) is 39.0 Å². The van der Waals surface area contributed by atoms with Gasteiger partial charge in [-0.3, -0.25) is 4.79 Å². The van der Waals surface area contributed by atoms with Crippen molar-refractivity contribution in [1.82, 2.24) is 0 Å². The summed E-state index contributed by atoms with van der Waals surface area (Å²) in [6.07, 6.45) is 1.18. The third kappa shape index (κ3) is 5.13. The van der Waals surface area contributed by atoms with Crippen LogP contribution in [-0.2, 0) is 20.9 Å². The fraction of sp³-hybridized carbons (Fsp3) is 0.632. The predicted octanol–water partition coefficient (Wildman–Crippen LogP) is 4.06. The minimum Gasteiger partial charge on any atom is -0.465 e. The van der Waals surface area contributed by atoms with E-state index < -0.39 is 5.41 Å². The Bertz CT molecular complexity index is 475. The molecule has 0 spiro atoms. The molecule has 0 bridgehead atoms. The molecule has 0 N–H and O–H groups in total. The van der Waals surface area contributed by atoms with Crippen LogP contribution in [0.4, 0.5) is 0 Å². The van der Waals surface area contributed by atoms with Crippen LogP contribution in [0.25, 0.3) is 0 Å². The largest absolute Gasteiger partial charge is 0.465 e. The fourth-order valence-electron chi connectivity index (χ4n) is 2.61. The van der Waals surface area contributed by atoms with Crippen LogP contribution in [0.2, 0.25) is 0 Å². The van der Waals surface area contributed by atoms with Gasteiger partial charge in [0.1, 0.15) is 0 Å². The Kier molecular flexibility index (Phi) is 5.63. The number of ether oxygens (including phenoxy) is 2. The summed E-state index contributed by atoms with van der Waals surface area (Å²) in [4.78, 5) is 11.8. The van der Waals surface area contributed by atoms with Crippen molar-refractivity contribution in [2.75, 3.05) is 13.2 Å². The van der Waals surface area contributed by atoms with Crippen LogP contribution in [0.3, 0.4) is 0 Å². The Balaban J connectivity index is 1.62. The SMILES string of the molecule is C[C@@H](COC(=O)C(C)(C)C)[C@@H]1C[C@@H]1COCc1ccccc1. The third-order valence-corrected chi connectivity index (χ3v) is 4.24. The van der Waals surface area contributed by atoms with Gasteiger partial charge in [-0.2, -0.15) is 0 Å². The smallest absolute Gasteiger partial charge is 0.311 e. The average Bonchev–Trinajstić information content (AvgIpc) is 3.24. The second-order valence-corrected chi connectivity index (χ2v) is 7.49. The highest BCUT2D eigenvalue weighted by atomic mass is 16.5. The molecule has 3 heteroatoms. The number of benzene rings is 1. The van der Waals surface area contributed by atoms with Gasteiger partial charge in [0.2, 0.25) is 0 Å². The topological polar surface area (TPSA) is 35.5 Å². The van der Waals surface area contributed by atoms with Gasteiger partial charge in [-0.25, -0.2) is 0 Å². The summed E-state index contributed by atoms with van der Waals surface area (Å²) >= 11 is 0. The van der Waals surface area contributed by atoms with Gasteiger partial charge in [-0.15, -0.1) is 0 Å². The van der Waals surface area contributed by atoms with Crippen molar-refractivity contribution in [3.63, 3.8) is 0 Å². The number of carbonyl (C=O) groups excluding carboxylic acids is 1. The van der Waals surface area contributed by atoms with Gasteiger partial charge in [0, 0.05) is 0 Å². The summed E-state index contributed by atoms with van der Waals surface area (Å²) in [6.45, 7) is 9.83. The molecule has 0 aromatic heterocycles. The van der Waals surface area contributed by atoms with Gasteiger partial charge in [0.05, 0.1) is 25.2 Å². The average molecular weight is 304 g/mol. The zero-order chi connectivity index (χ0) is 16.2. The van der Waals surface area contributed by atoms with Gasteiger partial charge >= 0.3 is 5.97 Å². The molecule has 22 heavy (non-hydrogen) atoms. The lowest BCUT2D eigenvalue weighted by Gasteiger charge is -2.19. The summed E-state index contributed by atoms with van der Waals surface area (Å²) in [5, 5.41) is 0. The highest BCUT2D eigenvalue weighted by Crippen LogP contribution is 2.44. The maximum atomic E-state index is 11.8. The molecule has 1 fully saturated rings. The van der Waals surface area contributed by atoms with Crippen LogP contribution >= 0.6 is 0 Å². The zero-order valence-electron chi connectivity index (χ0n) is 14.2. The number of esters is 1. The minimum absolute atomic E-state index is 0.114. The van der Waals surface area contributed by atoms with Crippen LogP contribution in [0.1, 0.15) is 39.7 Å². The van der Waals surface area contributed by atoms with Crippen LogP contribution in [0, 0.1) is 23.2 Å². The molecule has 0 saturated heterocycles. The van der Waals surface area contributed by atoms with Crippen molar-refractivity contribution in [1.29, 1.82) is 0 Å². The molecule has 1 saturated carbocycles. The summed E-state index contributed by atoms with van der Waals surface area (Å²) in [5.41, 5.74) is 0.799. The lowest BCUT2D eigenvalue weighted by Crippen LogP contribution is -2.25. The van der Waals surface area contributed by atoms with Crippen molar-refractivity contribution >= 4 is 5.97 Å². The van der Waals surface area contributed by atoms with Gasteiger partial charge in [-0.05, 0) is 50.5 Å². The van der Waals surface area contributed by atoms with Gasteiger partial charge in [0.25, 0.3) is 0 Å². The summed E-state index contributed by atoms with van der Waals surface area (Å²) in [5.74, 6) is 1.55. The van der Waals surface area contributed by atoms with E-state index >= 15 is 0 Å². The highest BCUT2D eigenvalue weighted by molar-refractivity contribution is 5.75. The first-order valence-electron chi connectivity index (χ1n) is 8.17. The van der Waals surface area contributed by atoms with Gasteiger partial charge in [-0.1, -0.05) is 37.3 Å². The fourth-order valence-corrected chi connectivity index (χ4v) is 2.61. The highest BCUT2D eigenvalue weighted by Gasteiger charge is 2.41. The molecule has 0 heterocycles. The quantitative estimate of drug-likeness (QED) is 0.712. The molecule has 1 aliphatic carbocycles. The Hall–Kier alpha value is -1.35. The Morgan fingerprint density at radius 3 is 2.59 bits per heavy atom. The molecule has 0 radical (unpaired) electrons. The van der Waals surface area contributed by atoms with E-state index in [9.17, 15) is 4.79 Å². The van der Waals surface area contributed by atoms with E-state index in [0.717, 1.165) is 6.61 Å². The first-order valence-corrected chi connectivity index (χ1v) is 8.17. The molecule has 1 aromatic carbocycles. The first-order chi connectivity index (χ1) is 10.4. The Labute approximate surface area is 134 Å². The van der Waals surface area contributed by atoms with E-state index in [2.05, 4.69) is 19.1 Å². The summed E-state index contributed by atoms with van der Waals surface area (Å²) < 4.78 is 11.2. The maximum absolute atomic E-state index is 11.8. The standard InChI is InChI=1S/C19H28O3/c1-14(11-22-18(20)19(2,3)4)17-10-16(17)13-21-12-15-8-6-5-7-9-15/h5-9,14,16-17H,10-13H2,1-4H3/t14-,16+,17-/m0/s1. The molecule has 1 aliphatic rings. The van der Waals surface area contributed by atoms with Crippen molar-refractivity contribution in [2.24, 2.45) is 23.2 Å². The number of carbonyl (C=O) groups is 1. The molecule has 0 amide bonds. The lowest BCUT2D eigenvalue weighted by molar-refractivity contribution is -0.154. The molecule has 3 atom stereocenters. The van der Waals surface area contributed by atoms with E-state index in [1.165, 1.54) is 12.0 Å². The van der Waals surface area contributed by atoms with Crippen LogP contribution < -0.4 is 0 Å². The van der Waals surface area contributed by atoms with E-state index in [1.54, 1.807) is 0 Å².